The molecule has 2 aliphatic rings. The number of rotatable bonds is 4. The van der Waals surface area contributed by atoms with Crippen molar-refractivity contribution in [3.63, 3.8) is 0 Å². The van der Waals surface area contributed by atoms with E-state index in [9.17, 15) is 14.4 Å². The highest BCUT2D eigenvalue weighted by Crippen LogP contribution is 2.35. The average molecular weight is 426 g/mol. The molecule has 0 aliphatic carbocycles. The van der Waals surface area contributed by atoms with Crippen molar-refractivity contribution >= 4 is 23.4 Å². The minimum atomic E-state index is -0.323. The molecule has 0 fully saturated rings. The zero-order valence-electron chi connectivity index (χ0n) is 17.9. The molecule has 0 radical (unpaired) electrons. The van der Waals surface area contributed by atoms with Gasteiger partial charge in [0.1, 0.15) is 5.75 Å². The van der Waals surface area contributed by atoms with Crippen LogP contribution in [0, 0.1) is 0 Å². The van der Waals surface area contributed by atoms with Crippen molar-refractivity contribution in [2.45, 2.75) is 25.9 Å². The third kappa shape index (κ3) is 3.07. The van der Waals surface area contributed by atoms with Crippen molar-refractivity contribution < 1.29 is 19.1 Å². The minimum Gasteiger partial charge on any atom is -0.496 e. The van der Waals surface area contributed by atoms with Crippen LogP contribution in [-0.2, 0) is 13.0 Å². The molecule has 2 heterocycles. The Kier molecular flexibility index (Phi) is 4.78. The number of anilines is 1. The number of para-hydroxylation sites is 1. The molecule has 0 saturated heterocycles. The van der Waals surface area contributed by atoms with Crippen molar-refractivity contribution in [3.8, 4) is 5.75 Å². The van der Waals surface area contributed by atoms with Crippen LogP contribution in [0.3, 0.4) is 0 Å². The lowest BCUT2D eigenvalue weighted by Crippen LogP contribution is -2.36. The van der Waals surface area contributed by atoms with Crippen molar-refractivity contribution in [3.05, 3.63) is 94.5 Å². The number of benzene rings is 3. The molecule has 0 aromatic heterocycles. The quantitative estimate of drug-likeness (QED) is 0.590. The van der Waals surface area contributed by atoms with Gasteiger partial charge in [0, 0.05) is 11.7 Å². The molecule has 0 bridgehead atoms. The zero-order valence-corrected chi connectivity index (χ0v) is 17.9. The van der Waals surface area contributed by atoms with Crippen molar-refractivity contribution in [1.82, 2.24) is 4.90 Å². The molecule has 160 valence electrons. The summed E-state index contributed by atoms with van der Waals surface area (Å²) in [6.45, 7) is 2.11. The first-order valence-electron chi connectivity index (χ1n) is 10.5. The second kappa shape index (κ2) is 7.64. The molecule has 6 heteroatoms. The smallest absolute Gasteiger partial charge is 0.262 e. The second-order valence-electron chi connectivity index (χ2n) is 8.13. The topological polar surface area (TPSA) is 66.9 Å². The van der Waals surface area contributed by atoms with Gasteiger partial charge in [-0.1, -0.05) is 36.4 Å². The number of imide groups is 1. The van der Waals surface area contributed by atoms with Gasteiger partial charge < -0.3 is 9.64 Å². The van der Waals surface area contributed by atoms with Crippen molar-refractivity contribution in [2.24, 2.45) is 0 Å². The Morgan fingerprint density at radius 3 is 2.31 bits per heavy atom. The van der Waals surface area contributed by atoms with Gasteiger partial charge in [0.15, 0.2) is 0 Å². The van der Waals surface area contributed by atoms with Gasteiger partial charge in [-0.05, 0) is 54.8 Å². The zero-order chi connectivity index (χ0) is 22.4. The lowest BCUT2D eigenvalue weighted by atomic mass is 10.1. The summed E-state index contributed by atoms with van der Waals surface area (Å²) >= 11 is 0. The van der Waals surface area contributed by atoms with Gasteiger partial charge >= 0.3 is 0 Å². The van der Waals surface area contributed by atoms with Gasteiger partial charge in [-0.15, -0.1) is 0 Å². The van der Waals surface area contributed by atoms with E-state index < -0.39 is 0 Å². The highest BCUT2D eigenvalue weighted by Gasteiger charge is 2.36. The highest BCUT2D eigenvalue weighted by atomic mass is 16.5. The number of amides is 3. The Hall–Kier alpha value is -3.93. The molecular formula is C26H22N2O4. The van der Waals surface area contributed by atoms with E-state index in [1.54, 1.807) is 47.4 Å². The molecule has 3 aromatic carbocycles. The Morgan fingerprint density at radius 2 is 1.62 bits per heavy atom. The number of carbonyl (C=O) groups excluding carboxylic acids is 3. The first kappa shape index (κ1) is 20.0. The number of methoxy groups -OCH3 is 1. The fourth-order valence-corrected chi connectivity index (χ4v) is 4.59. The predicted molar refractivity (Wildman–Crippen MR) is 120 cm³/mol. The van der Waals surface area contributed by atoms with Crippen LogP contribution in [0.1, 0.15) is 49.1 Å². The number of hydrogen-bond acceptors (Lipinski definition) is 4. The van der Waals surface area contributed by atoms with Crippen LogP contribution in [0.2, 0.25) is 0 Å². The monoisotopic (exact) mass is 426 g/mol. The van der Waals surface area contributed by atoms with E-state index >= 15 is 0 Å². The maximum Gasteiger partial charge on any atom is 0.262 e. The third-order valence-electron chi connectivity index (χ3n) is 6.14. The van der Waals surface area contributed by atoms with E-state index in [-0.39, 0.29) is 30.3 Å². The molecule has 0 spiro atoms. The molecule has 0 N–H and O–H groups in total. The van der Waals surface area contributed by atoms with Crippen LogP contribution >= 0.6 is 0 Å². The van der Waals surface area contributed by atoms with E-state index in [1.807, 2.05) is 31.2 Å². The van der Waals surface area contributed by atoms with Crippen LogP contribution in [0.15, 0.2) is 66.7 Å². The van der Waals surface area contributed by atoms with Crippen LogP contribution in [0.4, 0.5) is 5.69 Å². The van der Waals surface area contributed by atoms with Crippen LogP contribution in [0.5, 0.6) is 5.75 Å². The molecule has 3 aromatic rings. The Labute approximate surface area is 186 Å². The number of carbonyl (C=O) groups is 3. The first-order chi connectivity index (χ1) is 15.5. The summed E-state index contributed by atoms with van der Waals surface area (Å²) in [4.78, 5) is 42.1. The summed E-state index contributed by atoms with van der Waals surface area (Å²) in [5, 5.41) is 0. The molecular weight excluding hydrogens is 404 g/mol. The van der Waals surface area contributed by atoms with E-state index in [4.69, 9.17) is 4.74 Å². The van der Waals surface area contributed by atoms with Crippen LogP contribution < -0.4 is 9.64 Å². The number of ether oxygens (including phenoxy) is 1. The summed E-state index contributed by atoms with van der Waals surface area (Å²) in [6, 6.07) is 19.9. The predicted octanol–water partition coefficient (Wildman–Crippen LogP) is 4.08. The lowest BCUT2D eigenvalue weighted by molar-refractivity contribution is 0.0642. The minimum absolute atomic E-state index is 0.0181. The average Bonchev–Trinajstić information content (AvgIpc) is 3.27. The summed E-state index contributed by atoms with van der Waals surface area (Å²) in [6.07, 6.45) is 0.791. The van der Waals surface area contributed by atoms with Gasteiger partial charge in [0.2, 0.25) is 0 Å². The number of fused-ring (bicyclic) bond motifs is 2. The molecule has 32 heavy (non-hydrogen) atoms. The van der Waals surface area contributed by atoms with Gasteiger partial charge in [-0.2, -0.15) is 0 Å². The van der Waals surface area contributed by atoms with Gasteiger partial charge in [-0.3, -0.25) is 19.3 Å². The summed E-state index contributed by atoms with van der Waals surface area (Å²) in [7, 11) is 1.53. The summed E-state index contributed by atoms with van der Waals surface area (Å²) in [5.74, 6) is -0.353. The second-order valence-corrected chi connectivity index (χ2v) is 8.13. The number of hydrogen-bond donors (Lipinski definition) is 0. The van der Waals surface area contributed by atoms with Gasteiger partial charge in [-0.25, -0.2) is 0 Å². The SMILES string of the molecule is COc1ccc(CN2C(=O)c3ccccc3C2=O)cc1C(=O)N1c2ccccc2CC1C. The summed E-state index contributed by atoms with van der Waals surface area (Å²) in [5.41, 5.74) is 3.94. The fraction of sp³-hybridized carbons (Fsp3) is 0.192. The van der Waals surface area contributed by atoms with E-state index in [1.165, 1.54) is 12.0 Å². The maximum absolute atomic E-state index is 13.6. The molecule has 0 saturated carbocycles. The molecule has 1 unspecified atom stereocenters. The molecule has 2 aliphatic heterocycles. The highest BCUT2D eigenvalue weighted by molar-refractivity contribution is 6.21. The van der Waals surface area contributed by atoms with E-state index in [2.05, 4.69) is 0 Å². The standard InChI is InChI=1S/C26H22N2O4/c1-16-13-18-7-3-6-10-22(18)28(16)26(31)21-14-17(11-12-23(21)32-2)15-27-24(29)19-8-4-5-9-20(19)25(27)30/h3-12,14,16H,13,15H2,1-2H3. The fourth-order valence-electron chi connectivity index (χ4n) is 4.59. The lowest BCUT2D eigenvalue weighted by Gasteiger charge is -2.24. The van der Waals surface area contributed by atoms with Crippen LogP contribution in [-0.4, -0.2) is 35.8 Å². The molecule has 5 rings (SSSR count). The van der Waals surface area contributed by atoms with Crippen molar-refractivity contribution in [2.75, 3.05) is 12.0 Å². The van der Waals surface area contributed by atoms with E-state index in [0.29, 0.717) is 28.0 Å². The molecule has 3 amide bonds. The Morgan fingerprint density at radius 1 is 0.969 bits per heavy atom. The van der Waals surface area contributed by atoms with Gasteiger partial charge in [0.05, 0.1) is 30.3 Å². The van der Waals surface area contributed by atoms with Gasteiger partial charge in [0.25, 0.3) is 17.7 Å². The normalized spacial score (nSPS) is 16.9. The molecule has 1 atom stereocenters. The summed E-state index contributed by atoms with van der Waals surface area (Å²) < 4.78 is 5.47. The first-order valence-corrected chi connectivity index (χ1v) is 10.5. The Bertz CT molecular complexity index is 1230. The number of nitrogens with zero attached hydrogens (tertiary/aromatic N) is 2. The Balaban J connectivity index is 1.47. The van der Waals surface area contributed by atoms with E-state index in [0.717, 1.165) is 17.7 Å². The maximum atomic E-state index is 13.6. The van der Waals surface area contributed by atoms with Crippen LogP contribution in [0.25, 0.3) is 0 Å². The van der Waals surface area contributed by atoms with Crippen molar-refractivity contribution in [1.29, 1.82) is 0 Å². The largest absolute Gasteiger partial charge is 0.496 e. The third-order valence-corrected chi connectivity index (χ3v) is 6.14. The molecule has 6 nitrogen and oxygen atoms in total.